The maximum atomic E-state index is 4.91. The van der Waals surface area contributed by atoms with Crippen LogP contribution in [0.2, 0.25) is 0 Å². The van der Waals surface area contributed by atoms with Crippen molar-refractivity contribution in [3.63, 3.8) is 0 Å². The monoisotopic (exact) mass is 587 g/mol. The first kappa shape index (κ1) is 24.7. The molecule has 7 aromatic rings. The normalized spacial score (nSPS) is 20.1. The Morgan fingerprint density at radius 3 is 2.35 bits per heavy atom. The van der Waals surface area contributed by atoms with Crippen molar-refractivity contribution in [2.75, 3.05) is 15.1 Å². The molecule has 0 spiro atoms. The van der Waals surface area contributed by atoms with Crippen molar-refractivity contribution in [1.29, 1.82) is 0 Å². The standard InChI is InChI=1S/C27H21N15S/c1-4-19(38-36-10-1)27(24-33-14-15-34-24)26(20-6-11-37-39-20,23-31-8-3-9-32-23)40(22-18-28-12-13-30-22)42(21-5-2-7-29-21)41(27)25-35-16-17-43-25/h1-18,29H,(H,33,34)(H,37,39). The summed E-state index contributed by atoms with van der Waals surface area (Å²) in [4.78, 5) is 35.6. The number of hydrazine groups is 2. The molecule has 8 heterocycles. The molecule has 0 saturated carbocycles. The summed E-state index contributed by atoms with van der Waals surface area (Å²) >= 11 is 1.45. The molecule has 2 unspecified atom stereocenters. The van der Waals surface area contributed by atoms with Crippen LogP contribution in [0.25, 0.3) is 0 Å². The van der Waals surface area contributed by atoms with Gasteiger partial charge < -0.3 is 9.97 Å². The van der Waals surface area contributed by atoms with E-state index in [1.807, 2.05) is 57.0 Å². The number of H-pyrrole nitrogens is 3. The third kappa shape index (κ3) is 3.37. The van der Waals surface area contributed by atoms with Crippen LogP contribution in [0.15, 0.2) is 110 Å². The molecule has 1 aliphatic heterocycles. The molecule has 7 aromatic heterocycles. The molecule has 1 fully saturated rings. The first-order valence-electron chi connectivity index (χ1n) is 13.1. The number of rotatable bonds is 7. The van der Waals surface area contributed by atoms with Gasteiger partial charge in [-0.3, -0.25) is 10.1 Å². The third-order valence-electron chi connectivity index (χ3n) is 7.27. The first-order chi connectivity index (χ1) is 21.4. The maximum Gasteiger partial charge on any atom is 0.207 e. The van der Waals surface area contributed by atoms with E-state index in [0.29, 0.717) is 39.8 Å². The third-order valence-corrected chi connectivity index (χ3v) is 8.01. The average Bonchev–Trinajstić information content (AvgIpc) is 3.91. The largest absolute Gasteiger partial charge is 0.346 e. The number of thiazole rings is 1. The SMILES string of the molecule is c1cnc(C2(c3ccn[nH]3)N(c3cnccn3)N(c3ccc[nH]3)N(c3nccs3)C2(c2cccnn2)c2ncc[nH]2)nc1. The van der Waals surface area contributed by atoms with E-state index in [-0.39, 0.29) is 0 Å². The van der Waals surface area contributed by atoms with E-state index in [4.69, 9.17) is 30.0 Å². The molecule has 3 N–H and O–H groups in total. The molecule has 0 aliphatic carbocycles. The lowest BCUT2D eigenvalue weighted by molar-refractivity contribution is 0.310. The molecule has 1 saturated heterocycles. The lowest BCUT2D eigenvalue weighted by Crippen LogP contribution is -2.61. The summed E-state index contributed by atoms with van der Waals surface area (Å²) in [6.45, 7) is 0. The Hall–Kier alpha value is -6.03. The van der Waals surface area contributed by atoms with E-state index in [0.717, 1.165) is 0 Å². The fourth-order valence-corrected chi connectivity index (χ4v) is 6.51. The number of nitrogens with one attached hydrogen (secondary N) is 3. The molecule has 0 aromatic carbocycles. The van der Waals surface area contributed by atoms with Gasteiger partial charge in [-0.25, -0.2) is 34.9 Å². The van der Waals surface area contributed by atoms with Crippen LogP contribution in [-0.4, -0.2) is 60.3 Å². The van der Waals surface area contributed by atoms with Gasteiger partial charge in [0.1, 0.15) is 17.3 Å². The van der Waals surface area contributed by atoms with Crippen LogP contribution in [0.1, 0.15) is 23.0 Å². The van der Waals surface area contributed by atoms with Gasteiger partial charge in [0, 0.05) is 67.3 Å². The zero-order valence-electron chi connectivity index (χ0n) is 22.2. The Labute approximate surface area is 247 Å². The summed E-state index contributed by atoms with van der Waals surface area (Å²) < 4.78 is 0. The van der Waals surface area contributed by atoms with Crippen molar-refractivity contribution >= 4 is 28.1 Å². The van der Waals surface area contributed by atoms with E-state index in [2.05, 4.69) is 30.2 Å². The predicted octanol–water partition coefficient (Wildman–Crippen LogP) is 2.84. The number of nitrogens with zero attached hydrogens (tertiary/aromatic N) is 12. The lowest BCUT2D eigenvalue weighted by atomic mass is 9.70. The molecule has 8 rings (SSSR count). The zero-order valence-corrected chi connectivity index (χ0v) is 23.0. The van der Waals surface area contributed by atoms with Crippen molar-refractivity contribution in [2.24, 2.45) is 0 Å². The van der Waals surface area contributed by atoms with E-state index in [1.54, 1.807) is 68.0 Å². The Morgan fingerprint density at radius 2 is 1.67 bits per heavy atom. The molecule has 15 nitrogen and oxygen atoms in total. The van der Waals surface area contributed by atoms with Crippen LogP contribution in [0, 0.1) is 0 Å². The second-order valence-corrected chi connectivity index (χ2v) is 10.2. The van der Waals surface area contributed by atoms with Crippen molar-refractivity contribution in [3.05, 3.63) is 133 Å². The maximum absolute atomic E-state index is 4.91. The molecule has 0 amide bonds. The van der Waals surface area contributed by atoms with Gasteiger partial charge in [0.2, 0.25) is 16.2 Å². The number of hydrogen-bond donors (Lipinski definition) is 3. The van der Waals surface area contributed by atoms with Crippen LogP contribution >= 0.6 is 11.3 Å². The summed E-state index contributed by atoms with van der Waals surface area (Å²) in [5.74, 6) is 2.05. The quantitative estimate of drug-likeness (QED) is 0.249. The van der Waals surface area contributed by atoms with Crippen molar-refractivity contribution in [3.8, 4) is 0 Å². The topological polar surface area (TPSA) is 173 Å². The Morgan fingerprint density at radius 1 is 0.721 bits per heavy atom. The average molecular weight is 588 g/mol. The van der Waals surface area contributed by atoms with Gasteiger partial charge in [-0.2, -0.15) is 20.4 Å². The van der Waals surface area contributed by atoms with Crippen LogP contribution in [-0.2, 0) is 11.1 Å². The lowest BCUT2D eigenvalue weighted by Gasteiger charge is -2.44. The molecule has 43 heavy (non-hydrogen) atoms. The molecule has 1 aliphatic rings. The summed E-state index contributed by atoms with van der Waals surface area (Å²) in [7, 11) is 0. The van der Waals surface area contributed by atoms with Crippen LogP contribution in [0.4, 0.5) is 16.8 Å². The van der Waals surface area contributed by atoms with Gasteiger partial charge >= 0.3 is 0 Å². The number of aromatic nitrogens is 12. The highest BCUT2D eigenvalue weighted by molar-refractivity contribution is 7.13. The Kier molecular flexibility index (Phi) is 5.64. The molecular formula is C27H21N15S. The highest BCUT2D eigenvalue weighted by atomic mass is 32.1. The number of imidazole rings is 1. The predicted molar refractivity (Wildman–Crippen MR) is 155 cm³/mol. The van der Waals surface area contributed by atoms with Crippen molar-refractivity contribution in [2.45, 2.75) is 11.1 Å². The van der Waals surface area contributed by atoms with Gasteiger partial charge in [0.25, 0.3) is 0 Å². The minimum absolute atomic E-state index is 0.391. The molecule has 210 valence electrons. The molecule has 0 bridgehead atoms. The smallest absolute Gasteiger partial charge is 0.207 e. The van der Waals surface area contributed by atoms with Gasteiger partial charge in [-0.1, -0.05) is 0 Å². The summed E-state index contributed by atoms with van der Waals surface area (Å²) in [5, 5.41) is 25.2. The van der Waals surface area contributed by atoms with E-state index in [1.165, 1.54) is 11.3 Å². The van der Waals surface area contributed by atoms with Crippen molar-refractivity contribution in [1.82, 2.24) is 60.3 Å². The Bertz CT molecular complexity index is 1880. The minimum Gasteiger partial charge on any atom is -0.346 e. The fraction of sp³-hybridized carbons (Fsp3) is 0.0741. The van der Waals surface area contributed by atoms with Gasteiger partial charge in [-0.05, 0) is 36.4 Å². The van der Waals surface area contributed by atoms with E-state index in [9.17, 15) is 0 Å². The highest BCUT2D eigenvalue weighted by Crippen LogP contribution is 2.62. The second kappa shape index (κ2) is 9.81. The van der Waals surface area contributed by atoms with Crippen LogP contribution < -0.4 is 15.1 Å². The van der Waals surface area contributed by atoms with Crippen molar-refractivity contribution < 1.29 is 0 Å². The van der Waals surface area contributed by atoms with Gasteiger partial charge in [-0.15, -0.1) is 11.3 Å². The molecule has 0 radical (unpaired) electrons. The number of aromatic amines is 3. The number of anilines is 3. The van der Waals surface area contributed by atoms with E-state index < -0.39 is 11.1 Å². The zero-order chi connectivity index (χ0) is 28.7. The molecule has 2 atom stereocenters. The molecule has 16 heteroatoms. The molecular weight excluding hydrogens is 566 g/mol. The Balaban J connectivity index is 1.66. The summed E-state index contributed by atoms with van der Waals surface area (Å²) in [6, 6.07) is 11.2. The van der Waals surface area contributed by atoms with Gasteiger partial charge in [0.15, 0.2) is 11.6 Å². The second-order valence-electron chi connectivity index (χ2n) is 9.36. The first-order valence-corrected chi connectivity index (χ1v) is 14.0. The van der Waals surface area contributed by atoms with Crippen LogP contribution in [0.3, 0.4) is 0 Å². The van der Waals surface area contributed by atoms with E-state index >= 15 is 0 Å². The van der Waals surface area contributed by atoms with Crippen LogP contribution in [0.5, 0.6) is 0 Å². The summed E-state index contributed by atoms with van der Waals surface area (Å²) in [6.07, 6.45) is 18.7. The minimum atomic E-state index is -1.45. The highest BCUT2D eigenvalue weighted by Gasteiger charge is 2.76. The summed E-state index contributed by atoms with van der Waals surface area (Å²) in [5.41, 5.74) is -1.75. The number of hydrogen-bond acceptors (Lipinski definition) is 13. The fourth-order valence-electron chi connectivity index (χ4n) is 5.83. The van der Waals surface area contributed by atoms with Gasteiger partial charge in [0.05, 0.1) is 11.9 Å².